The number of para-hydroxylation sites is 1. The summed E-state index contributed by atoms with van der Waals surface area (Å²) < 4.78 is 17.4. The van der Waals surface area contributed by atoms with Crippen LogP contribution < -0.4 is 10.1 Å². The monoisotopic (exact) mass is 439 g/mol. The highest BCUT2D eigenvalue weighted by Crippen LogP contribution is 2.36. The molecule has 2 aromatic heterocycles. The van der Waals surface area contributed by atoms with Crippen LogP contribution in [-0.2, 0) is 6.42 Å². The van der Waals surface area contributed by atoms with Gasteiger partial charge in [-0.15, -0.1) is 0 Å². The van der Waals surface area contributed by atoms with E-state index >= 15 is 0 Å². The molecule has 0 aliphatic heterocycles. The van der Waals surface area contributed by atoms with Crippen molar-refractivity contribution in [3.63, 3.8) is 0 Å². The maximum atomic E-state index is 12.9. The summed E-state index contributed by atoms with van der Waals surface area (Å²) in [4.78, 5) is 12.9. The Morgan fingerprint density at radius 1 is 0.879 bits per heavy atom. The Morgan fingerprint density at radius 3 is 2.39 bits per heavy atom. The minimum Gasteiger partial charge on any atom is -0.495 e. The summed E-state index contributed by atoms with van der Waals surface area (Å²) >= 11 is 0. The molecule has 0 saturated carbocycles. The molecule has 0 aliphatic rings. The van der Waals surface area contributed by atoms with E-state index in [0.29, 0.717) is 23.4 Å². The normalized spacial score (nSPS) is 11.3. The van der Waals surface area contributed by atoms with E-state index in [4.69, 9.17) is 13.6 Å². The first kappa shape index (κ1) is 20.9. The third kappa shape index (κ3) is 3.87. The number of hydrogen-bond donors (Lipinski definition) is 1. The van der Waals surface area contributed by atoms with Crippen LogP contribution in [0.25, 0.3) is 21.9 Å². The summed E-state index contributed by atoms with van der Waals surface area (Å²) in [5.41, 5.74) is 6.89. The predicted molar refractivity (Wildman–Crippen MR) is 130 cm³/mol. The van der Waals surface area contributed by atoms with Gasteiger partial charge in [-0.2, -0.15) is 0 Å². The zero-order chi connectivity index (χ0) is 23.1. The number of rotatable bonds is 5. The average molecular weight is 440 g/mol. The van der Waals surface area contributed by atoms with Gasteiger partial charge in [0.05, 0.1) is 12.8 Å². The maximum Gasteiger partial charge on any atom is 0.291 e. The molecule has 166 valence electrons. The minimum atomic E-state index is -0.340. The van der Waals surface area contributed by atoms with Gasteiger partial charge in [-0.3, -0.25) is 4.79 Å². The Hall–Kier alpha value is -3.99. The van der Waals surface area contributed by atoms with Crippen molar-refractivity contribution >= 4 is 33.5 Å². The molecule has 0 fully saturated rings. The highest BCUT2D eigenvalue weighted by Gasteiger charge is 2.18. The standard InChI is InChI=1S/C28H25NO4/c1-16-11-17(2)21(18(3)12-16)13-19-9-10-25(32-19)28(30)29-23-15-26-22(14-27(23)31-4)20-7-5-6-8-24(20)33-26/h5-12,14-15H,13H2,1-4H3,(H,29,30). The SMILES string of the molecule is COc1cc2c(cc1NC(=O)c1ccc(Cc3c(C)cc(C)cc3C)o1)oc1ccccc12. The van der Waals surface area contributed by atoms with Gasteiger partial charge in [0.1, 0.15) is 22.7 Å². The van der Waals surface area contributed by atoms with E-state index in [1.165, 1.54) is 22.3 Å². The molecule has 0 unspecified atom stereocenters. The fraction of sp³-hybridized carbons (Fsp3) is 0.179. The van der Waals surface area contributed by atoms with Crippen molar-refractivity contribution in [1.29, 1.82) is 0 Å². The molecule has 0 radical (unpaired) electrons. The quantitative estimate of drug-likeness (QED) is 0.322. The lowest BCUT2D eigenvalue weighted by atomic mass is 9.97. The van der Waals surface area contributed by atoms with Gasteiger partial charge in [0.15, 0.2) is 5.76 Å². The largest absolute Gasteiger partial charge is 0.495 e. The molecule has 5 nitrogen and oxygen atoms in total. The first-order valence-electron chi connectivity index (χ1n) is 10.9. The summed E-state index contributed by atoms with van der Waals surface area (Å²) in [7, 11) is 1.58. The number of methoxy groups -OCH3 is 1. The Kier molecular flexibility index (Phi) is 5.17. The number of furan rings is 2. The van der Waals surface area contributed by atoms with Crippen LogP contribution in [0, 0.1) is 20.8 Å². The highest BCUT2D eigenvalue weighted by atomic mass is 16.5. The minimum absolute atomic E-state index is 0.249. The molecule has 2 heterocycles. The molecule has 3 aromatic carbocycles. The maximum absolute atomic E-state index is 12.9. The van der Waals surface area contributed by atoms with Gasteiger partial charge in [0, 0.05) is 23.3 Å². The van der Waals surface area contributed by atoms with Gasteiger partial charge in [-0.05, 0) is 61.7 Å². The molecule has 5 aromatic rings. The van der Waals surface area contributed by atoms with E-state index in [0.717, 1.165) is 22.1 Å². The number of hydrogen-bond acceptors (Lipinski definition) is 4. The van der Waals surface area contributed by atoms with Crippen molar-refractivity contribution in [2.75, 3.05) is 12.4 Å². The molecule has 5 rings (SSSR count). The van der Waals surface area contributed by atoms with Crippen molar-refractivity contribution in [3.8, 4) is 5.75 Å². The molecule has 33 heavy (non-hydrogen) atoms. The van der Waals surface area contributed by atoms with Gasteiger partial charge >= 0.3 is 0 Å². The van der Waals surface area contributed by atoms with E-state index in [1.807, 2.05) is 36.4 Å². The lowest BCUT2D eigenvalue weighted by Crippen LogP contribution is -2.11. The van der Waals surface area contributed by atoms with Gasteiger partial charge in [-0.25, -0.2) is 0 Å². The predicted octanol–water partition coefficient (Wildman–Crippen LogP) is 6.96. The fourth-order valence-corrected chi connectivity index (χ4v) is 4.46. The second kappa shape index (κ2) is 8.17. The first-order valence-corrected chi connectivity index (χ1v) is 10.9. The zero-order valence-electron chi connectivity index (χ0n) is 19.1. The molecule has 5 heteroatoms. The highest BCUT2D eigenvalue weighted by molar-refractivity contribution is 6.09. The van der Waals surface area contributed by atoms with E-state index < -0.39 is 0 Å². The topological polar surface area (TPSA) is 64.6 Å². The number of carbonyl (C=O) groups excluding carboxylic acids is 1. The van der Waals surface area contributed by atoms with E-state index in [9.17, 15) is 4.79 Å². The van der Waals surface area contributed by atoms with Gasteiger partial charge in [-0.1, -0.05) is 35.9 Å². The molecular weight excluding hydrogens is 414 g/mol. The smallest absolute Gasteiger partial charge is 0.291 e. The van der Waals surface area contributed by atoms with Crippen LogP contribution >= 0.6 is 0 Å². The van der Waals surface area contributed by atoms with Crippen LogP contribution in [0.1, 0.15) is 38.6 Å². The molecule has 0 saturated heterocycles. The molecule has 0 bridgehead atoms. The third-order valence-corrected chi connectivity index (χ3v) is 6.02. The molecule has 0 atom stereocenters. The lowest BCUT2D eigenvalue weighted by molar-refractivity contribution is 0.0994. The number of nitrogens with one attached hydrogen (secondary N) is 1. The van der Waals surface area contributed by atoms with Gasteiger partial charge < -0.3 is 18.9 Å². The van der Waals surface area contributed by atoms with Crippen LogP contribution in [0.3, 0.4) is 0 Å². The molecule has 0 aliphatic carbocycles. The number of benzene rings is 3. The van der Waals surface area contributed by atoms with E-state index in [2.05, 4.69) is 38.2 Å². The van der Waals surface area contributed by atoms with Gasteiger partial charge in [0.25, 0.3) is 5.91 Å². The Morgan fingerprint density at radius 2 is 1.64 bits per heavy atom. The average Bonchev–Trinajstić information content (AvgIpc) is 3.40. The van der Waals surface area contributed by atoms with E-state index in [-0.39, 0.29) is 11.7 Å². The number of fused-ring (bicyclic) bond motifs is 3. The van der Waals surface area contributed by atoms with E-state index in [1.54, 1.807) is 19.2 Å². The summed E-state index contributed by atoms with van der Waals surface area (Å²) in [6.07, 6.45) is 0.638. The number of ether oxygens (including phenoxy) is 1. The third-order valence-electron chi connectivity index (χ3n) is 6.02. The molecule has 1 amide bonds. The fourth-order valence-electron chi connectivity index (χ4n) is 4.46. The number of anilines is 1. The van der Waals surface area contributed by atoms with Gasteiger partial charge in [0.2, 0.25) is 0 Å². The summed E-state index contributed by atoms with van der Waals surface area (Å²) in [6.45, 7) is 6.30. The molecular formula is C28H25NO4. The summed E-state index contributed by atoms with van der Waals surface area (Å²) in [5, 5.41) is 4.84. The van der Waals surface area contributed by atoms with Crippen molar-refractivity contribution < 1.29 is 18.4 Å². The van der Waals surface area contributed by atoms with Crippen LogP contribution in [0.15, 0.2) is 69.5 Å². The zero-order valence-corrected chi connectivity index (χ0v) is 19.1. The Labute approximate surface area is 192 Å². The van der Waals surface area contributed by atoms with Crippen molar-refractivity contribution in [1.82, 2.24) is 0 Å². The first-order chi connectivity index (χ1) is 15.9. The molecule has 0 spiro atoms. The molecule has 1 N–H and O–H groups in total. The number of aryl methyl sites for hydroxylation is 3. The van der Waals surface area contributed by atoms with Crippen LogP contribution in [0.5, 0.6) is 5.75 Å². The van der Waals surface area contributed by atoms with Crippen molar-refractivity contribution in [2.45, 2.75) is 27.2 Å². The second-order valence-corrected chi connectivity index (χ2v) is 8.42. The lowest BCUT2D eigenvalue weighted by Gasteiger charge is -2.10. The Balaban J connectivity index is 1.41. The van der Waals surface area contributed by atoms with Crippen LogP contribution in [0.4, 0.5) is 5.69 Å². The number of amides is 1. The Bertz CT molecular complexity index is 1480. The second-order valence-electron chi connectivity index (χ2n) is 8.42. The van der Waals surface area contributed by atoms with Crippen molar-refractivity contribution in [2.24, 2.45) is 0 Å². The van der Waals surface area contributed by atoms with Crippen LogP contribution in [0.2, 0.25) is 0 Å². The summed E-state index contributed by atoms with van der Waals surface area (Å²) in [6, 6.07) is 19.4. The van der Waals surface area contributed by atoms with Crippen LogP contribution in [-0.4, -0.2) is 13.0 Å². The number of carbonyl (C=O) groups is 1. The summed E-state index contributed by atoms with van der Waals surface area (Å²) in [5.74, 6) is 1.21. The van der Waals surface area contributed by atoms with Crippen molar-refractivity contribution in [3.05, 3.63) is 94.4 Å².